The van der Waals surface area contributed by atoms with Gasteiger partial charge in [-0.25, -0.2) is 9.59 Å². The minimum atomic E-state index is -0.588. The first-order valence-corrected chi connectivity index (χ1v) is 7.17. The van der Waals surface area contributed by atoms with Crippen LogP contribution in [0.2, 0.25) is 0 Å². The predicted octanol–water partition coefficient (Wildman–Crippen LogP) is 2.62. The zero-order chi connectivity index (χ0) is 15.0. The normalized spacial score (nSPS) is 9.70. The minimum Gasteiger partial charge on any atom is -0.460 e. The van der Waals surface area contributed by atoms with Crippen molar-refractivity contribution in [2.75, 3.05) is 19.4 Å². The van der Waals surface area contributed by atoms with Crippen LogP contribution in [0.1, 0.15) is 6.92 Å². The van der Waals surface area contributed by atoms with E-state index < -0.39 is 12.1 Å². The standard InChI is InChI=1S/C14H17NO4S/c1-10(2)13(16)18-8-7-15-14(17)19-11-5-4-6-12(9-11)20-3/h4-6,9H,1,7-8H2,2-3H3,(H,15,17). The summed E-state index contributed by atoms with van der Waals surface area (Å²) in [5, 5.41) is 2.49. The molecule has 6 heteroatoms. The Bertz CT molecular complexity index is 502. The van der Waals surface area contributed by atoms with Crippen molar-refractivity contribution in [2.24, 2.45) is 0 Å². The van der Waals surface area contributed by atoms with Crippen LogP contribution in [0.5, 0.6) is 5.75 Å². The molecule has 20 heavy (non-hydrogen) atoms. The number of carbonyl (C=O) groups is 2. The topological polar surface area (TPSA) is 64.6 Å². The maximum atomic E-state index is 11.5. The molecule has 0 unspecified atom stereocenters. The van der Waals surface area contributed by atoms with Gasteiger partial charge in [-0.15, -0.1) is 11.8 Å². The molecule has 108 valence electrons. The Morgan fingerprint density at radius 1 is 1.40 bits per heavy atom. The van der Waals surface area contributed by atoms with Crippen LogP contribution in [0.4, 0.5) is 4.79 Å². The second-order valence-corrected chi connectivity index (χ2v) is 4.79. The maximum absolute atomic E-state index is 11.5. The van der Waals surface area contributed by atoms with Gasteiger partial charge >= 0.3 is 12.1 Å². The van der Waals surface area contributed by atoms with E-state index in [1.165, 1.54) is 0 Å². The monoisotopic (exact) mass is 295 g/mol. The van der Waals surface area contributed by atoms with Crippen LogP contribution in [-0.4, -0.2) is 31.5 Å². The zero-order valence-electron chi connectivity index (χ0n) is 11.5. The Morgan fingerprint density at radius 2 is 2.15 bits per heavy atom. The average molecular weight is 295 g/mol. The Morgan fingerprint density at radius 3 is 2.80 bits per heavy atom. The fraction of sp³-hybridized carbons (Fsp3) is 0.286. The Labute approximate surface area is 122 Å². The van der Waals surface area contributed by atoms with Gasteiger partial charge in [-0.2, -0.15) is 0 Å². The van der Waals surface area contributed by atoms with Gasteiger partial charge in [0, 0.05) is 10.5 Å². The van der Waals surface area contributed by atoms with E-state index in [1.54, 1.807) is 30.8 Å². The number of rotatable bonds is 6. The fourth-order valence-corrected chi connectivity index (χ4v) is 1.68. The third-order valence-corrected chi connectivity index (χ3v) is 2.93. The number of hydrogen-bond acceptors (Lipinski definition) is 5. The van der Waals surface area contributed by atoms with Crippen molar-refractivity contribution < 1.29 is 19.1 Å². The van der Waals surface area contributed by atoms with Crippen LogP contribution >= 0.6 is 11.8 Å². The number of amides is 1. The van der Waals surface area contributed by atoms with Crippen LogP contribution in [0.15, 0.2) is 41.3 Å². The first-order chi connectivity index (χ1) is 9.52. The molecular weight excluding hydrogens is 278 g/mol. The van der Waals surface area contributed by atoms with Crippen molar-refractivity contribution in [1.29, 1.82) is 0 Å². The molecule has 0 atom stereocenters. The molecule has 0 aliphatic carbocycles. The number of esters is 1. The van der Waals surface area contributed by atoms with Crippen LogP contribution in [-0.2, 0) is 9.53 Å². The Kier molecular flexibility index (Phi) is 6.66. The average Bonchev–Trinajstić information content (AvgIpc) is 2.43. The van der Waals surface area contributed by atoms with Gasteiger partial charge in [0.2, 0.25) is 0 Å². The molecular formula is C14H17NO4S. The van der Waals surface area contributed by atoms with Gasteiger partial charge in [0.15, 0.2) is 0 Å². The number of ether oxygens (including phenoxy) is 2. The smallest absolute Gasteiger partial charge is 0.412 e. The van der Waals surface area contributed by atoms with E-state index in [0.717, 1.165) is 4.90 Å². The molecule has 0 aromatic heterocycles. The number of carbonyl (C=O) groups excluding carboxylic acids is 2. The van der Waals surface area contributed by atoms with E-state index in [-0.39, 0.29) is 13.2 Å². The summed E-state index contributed by atoms with van der Waals surface area (Å²) in [5.41, 5.74) is 0.321. The van der Waals surface area contributed by atoms with Crippen molar-refractivity contribution in [3.05, 3.63) is 36.4 Å². The van der Waals surface area contributed by atoms with Crippen molar-refractivity contribution in [3.63, 3.8) is 0 Å². The highest BCUT2D eigenvalue weighted by atomic mass is 32.2. The van der Waals surface area contributed by atoms with Crippen LogP contribution in [0, 0.1) is 0 Å². The molecule has 1 aromatic carbocycles. The highest BCUT2D eigenvalue weighted by Crippen LogP contribution is 2.20. The summed E-state index contributed by atoms with van der Waals surface area (Å²) in [7, 11) is 0. The zero-order valence-corrected chi connectivity index (χ0v) is 12.3. The molecule has 0 radical (unpaired) electrons. The molecule has 0 saturated heterocycles. The quantitative estimate of drug-likeness (QED) is 0.378. The predicted molar refractivity (Wildman–Crippen MR) is 78.0 cm³/mol. The molecule has 1 aromatic rings. The number of nitrogens with one attached hydrogen (secondary N) is 1. The lowest BCUT2D eigenvalue weighted by atomic mass is 10.3. The largest absolute Gasteiger partial charge is 0.460 e. The fourth-order valence-electron chi connectivity index (χ4n) is 1.23. The lowest BCUT2D eigenvalue weighted by Crippen LogP contribution is -2.30. The summed E-state index contributed by atoms with van der Waals surface area (Å²) in [6.45, 7) is 5.27. The van der Waals surface area contributed by atoms with Crippen molar-refractivity contribution in [1.82, 2.24) is 5.32 Å². The lowest BCUT2D eigenvalue weighted by molar-refractivity contribution is -0.138. The summed E-state index contributed by atoms with van der Waals surface area (Å²) in [6.07, 6.45) is 1.35. The van der Waals surface area contributed by atoms with Crippen molar-refractivity contribution in [3.8, 4) is 5.75 Å². The van der Waals surface area contributed by atoms with E-state index in [1.807, 2.05) is 18.4 Å². The molecule has 0 fully saturated rings. The molecule has 1 amide bonds. The van der Waals surface area contributed by atoms with Crippen molar-refractivity contribution >= 4 is 23.8 Å². The first kappa shape index (κ1) is 16.1. The SMILES string of the molecule is C=C(C)C(=O)OCCNC(=O)Oc1cccc(SC)c1. The van der Waals surface area contributed by atoms with Gasteiger partial charge in [-0.05, 0) is 31.4 Å². The number of thioether (sulfide) groups is 1. The van der Waals surface area contributed by atoms with E-state index in [0.29, 0.717) is 11.3 Å². The molecule has 0 saturated carbocycles. The van der Waals surface area contributed by atoms with Gasteiger partial charge in [-0.3, -0.25) is 0 Å². The summed E-state index contributed by atoms with van der Waals surface area (Å²) in [4.78, 5) is 23.6. The minimum absolute atomic E-state index is 0.0750. The van der Waals surface area contributed by atoms with E-state index in [4.69, 9.17) is 9.47 Å². The maximum Gasteiger partial charge on any atom is 0.412 e. The molecule has 0 heterocycles. The first-order valence-electron chi connectivity index (χ1n) is 5.95. The van der Waals surface area contributed by atoms with E-state index in [2.05, 4.69) is 11.9 Å². The summed E-state index contributed by atoms with van der Waals surface area (Å²) in [5.74, 6) is -0.0129. The Hall–Kier alpha value is -1.95. The van der Waals surface area contributed by atoms with E-state index in [9.17, 15) is 9.59 Å². The summed E-state index contributed by atoms with van der Waals surface area (Å²) < 4.78 is 9.92. The second kappa shape index (κ2) is 8.27. The molecule has 1 N–H and O–H groups in total. The third-order valence-electron chi connectivity index (χ3n) is 2.20. The lowest BCUT2D eigenvalue weighted by Gasteiger charge is -2.08. The van der Waals surface area contributed by atoms with Gasteiger partial charge in [0.25, 0.3) is 0 Å². The highest BCUT2D eigenvalue weighted by molar-refractivity contribution is 7.98. The highest BCUT2D eigenvalue weighted by Gasteiger charge is 2.06. The Balaban J connectivity index is 2.29. The molecule has 1 rings (SSSR count). The molecule has 0 spiro atoms. The second-order valence-electron chi connectivity index (χ2n) is 3.91. The van der Waals surface area contributed by atoms with Crippen LogP contribution < -0.4 is 10.1 Å². The van der Waals surface area contributed by atoms with Gasteiger partial charge < -0.3 is 14.8 Å². The summed E-state index contributed by atoms with van der Waals surface area (Å²) in [6, 6.07) is 7.20. The van der Waals surface area contributed by atoms with Crippen LogP contribution in [0.25, 0.3) is 0 Å². The molecule has 0 bridgehead atoms. The van der Waals surface area contributed by atoms with E-state index >= 15 is 0 Å². The van der Waals surface area contributed by atoms with Gasteiger partial charge in [0.05, 0.1) is 6.54 Å². The van der Waals surface area contributed by atoms with Crippen LogP contribution in [0.3, 0.4) is 0 Å². The van der Waals surface area contributed by atoms with Crippen molar-refractivity contribution in [2.45, 2.75) is 11.8 Å². The van der Waals surface area contributed by atoms with Gasteiger partial charge in [-0.1, -0.05) is 12.6 Å². The third kappa shape index (κ3) is 5.79. The molecule has 5 nitrogen and oxygen atoms in total. The summed E-state index contributed by atoms with van der Waals surface area (Å²) >= 11 is 1.56. The van der Waals surface area contributed by atoms with Gasteiger partial charge in [0.1, 0.15) is 12.4 Å². The molecule has 0 aliphatic rings. The number of benzene rings is 1. The molecule has 0 aliphatic heterocycles. The number of hydrogen-bond donors (Lipinski definition) is 1.